The van der Waals surface area contributed by atoms with Crippen LogP contribution in [0.2, 0.25) is 0 Å². The SMILES string of the molecule is CCN(CC(=O)OC)C(=O)c1ccc(C#CCO)c(F)c1. The molecular weight excluding hydrogens is 277 g/mol. The number of carbonyl (C=O) groups excluding carboxylic acids is 2. The van der Waals surface area contributed by atoms with E-state index >= 15 is 0 Å². The summed E-state index contributed by atoms with van der Waals surface area (Å²) in [6.07, 6.45) is 0. The third-order valence-electron chi connectivity index (χ3n) is 2.73. The van der Waals surface area contributed by atoms with Crippen LogP contribution < -0.4 is 0 Å². The average Bonchev–Trinajstić information content (AvgIpc) is 2.50. The zero-order valence-electron chi connectivity index (χ0n) is 11.9. The Morgan fingerprint density at radius 1 is 1.43 bits per heavy atom. The predicted molar refractivity (Wildman–Crippen MR) is 74.0 cm³/mol. The van der Waals surface area contributed by atoms with Gasteiger partial charge in [-0.05, 0) is 25.1 Å². The normalized spacial score (nSPS) is 9.52. The van der Waals surface area contributed by atoms with Crippen LogP contribution in [0.5, 0.6) is 0 Å². The van der Waals surface area contributed by atoms with Gasteiger partial charge in [0.25, 0.3) is 5.91 Å². The second-order valence-corrected chi connectivity index (χ2v) is 4.05. The molecule has 0 aliphatic carbocycles. The molecule has 0 saturated heterocycles. The van der Waals surface area contributed by atoms with Crippen molar-refractivity contribution in [1.29, 1.82) is 0 Å². The molecule has 5 nitrogen and oxygen atoms in total. The van der Waals surface area contributed by atoms with Crippen molar-refractivity contribution >= 4 is 11.9 Å². The van der Waals surface area contributed by atoms with Crippen LogP contribution in [-0.4, -0.2) is 48.7 Å². The van der Waals surface area contributed by atoms with Gasteiger partial charge < -0.3 is 14.7 Å². The number of benzene rings is 1. The Morgan fingerprint density at radius 3 is 2.67 bits per heavy atom. The van der Waals surface area contributed by atoms with Gasteiger partial charge in [0.1, 0.15) is 19.0 Å². The number of rotatable bonds is 4. The van der Waals surface area contributed by atoms with Crippen LogP contribution in [0.1, 0.15) is 22.8 Å². The highest BCUT2D eigenvalue weighted by Gasteiger charge is 2.18. The van der Waals surface area contributed by atoms with Crippen LogP contribution in [0, 0.1) is 17.7 Å². The van der Waals surface area contributed by atoms with Crippen LogP contribution in [0.15, 0.2) is 18.2 Å². The van der Waals surface area contributed by atoms with Gasteiger partial charge in [0.15, 0.2) is 0 Å². The van der Waals surface area contributed by atoms with Crippen molar-refractivity contribution in [2.45, 2.75) is 6.92 Å². The Balaban J connectivity index is 2.96. The molecule has 1 N–H and O–H groups in total. The minimum atomic E-state index is -0.657. The first-order chi connectivity index (χ1) is 10.0. The van der Waals surface area contributed by atoms with E-state index in [-0.39, 0.29) is 24.3 Å². The summed E-state index contributed by atoms with van der Waals surface area (Å²) >= 11 is 0. The van der Waals surface area contributed by atoms with Crippen molar-refractivity contribution in [3.05, 3.63) is 35.1 Å². The summed E-state index contributed by atoms with van der Waals surface area (Å²) in [6, 6.07) is 3.84. The molecule has 21 heavy (non-hydrogen) atoms. The van der Waals surface area contributed by atoms with Crippen molar-refractivity contribution in [3.63, 3.8) is 0 Å². The van der Waals surface area contributed by atoms with Crippen LogP contribution >= 0.6 is 0 Å². The molecule has 0 fully saturated rings. The molecule has 0 heterocycles. The topological polar surface area (TPSA) is 66.8 Å². The highest BCUT2D eigenvalue weighted by molar-refractivity contribution is 5.96. The predicted octanol–water partition coefficient (Wildman–Crippen LogP) is 0.805. The van der Waals surface area contributed by atoms with Gasteiger partial charge in [0, 0.05) is 12.1 Å². The molecule has 0 aliphatic heterocycles. The molecule has 112 valence electrons. The van der Waals surface area contributed by atoms with E-state index in [0.29, 0.717) is 6.54 Å². The van der Waals surface area contributed by atoms with Gasteiger partial charge in [-0.25, -0.2) is 4.39 Å². The van der Waals surface area contributed by atoms with Gasteiger partial charge in [-0.1, -0.05) is 11.8 Å². The number of likely N-dealkylation sites (N-methyl/N-ethyl adjacent to an activating group) is 1. The van der Waals surface area contributed by atoms with Crippen LogP contribution in [-0.2, 0) is 9.53 Å². The number of nitrogens with zero attached hydrogens (tertiary/aromatic N) is 1. The number of esters is 1. The second-order valence-electron chi connectivity index (χ2n) is 4.05. The third kappa shape index (κ3) is 4.58. The number of carbonyl (C=O) groups is 2. The minimum Gasteiger partial charge on any atom is -0.468 e. The summed E-state index contributed by atoms with van der Waals surface area (Å²) in [5, 5.41) is 8.57. The van der Waals surface area contributed by atoms with Gasteiger partial charge in [0.2, 0.25) is 0 Å². The number of aliphatic hydroxyl groups excluding tert-OH is 1. The zero-order chi connectivity index (χ0) is 15.8. The van der Waals surface area contributed by atoms with Crippen molar-refractivity contribution in [2.75, 3.05) is 26.8 Å². The maximum Gasteiger partial charge on any atom is 0.325 e. The molecule has 6 heteroatoms. The van der Waals surface area contributed by atoms with Crippen molar-refractivity contribution in [3.8, 4) is 11.8 Å². The van der Waals surface area contributed by atoms with Crippen molar-refractivity contribution in [1.82, 2.24) is 4.90 Å². The smallest absolute Gasteiger partial charge is 0.325 e. The first kappa shape index (κ1) is 16.7. The minimum absolute atomic E-state index is 0.0941. The second kappa shape index (κ2) is 8.02. The summed E-state index contributed by atoms with van der Waals surface area (Å²) in [5.74, 6) is 3.10. The maximum atomic E-state index is 13.8. The van der Waals surface area contributed by atoms with Crippen LogP contribution in [0.4, 0.5) is 4.39 Å². The lowest BCUT2D eigenvalue weighted by atomic mass is 10.1. The Labute approximate surface area is 122 Å². The summed E-state index contributed by atoms with van der Waals surface area (Å²) < 4.78 is 18.3. The van der Waals surface area contributed by atoms with Crippen LogP contribution in [0.3, 0.4) is 0 Å². The molecule has 0 radical (unpaired) electrons. The molecular formula is C15H16FNO4. The molecule has 0 atom stereocenters. The molecule has 1 amide bonds. The molecule has 0 saturated carbocycles. The standard InChI is InChI=1S/C15H16FNO4/c1-3-17(10-14(19)21-2)15(20)12-7-6-11(5-4-8-18)13(16)9-12/h6-7,9,18H,3,8,10H2,1-2H3. The monoisotopic (exact) mass is 293 g/mol. The number of ether oxygens (including phenoxy) is 1. The van der Waals surface area contributed by atoms with E-state index in [1.54, 1.807) is 6.92 Å². The fourth-order valence-electron chi connectivity index (χ4n) is 1.61. The van der Waals surface area contributed by atoms with E-state index < -0.39 is 17.7 Å². The summed E-state index contributed by atoms with van der Waals surface area (Å²) in [4.78, 5) is 24.7. The van der Waals surface area contributed by atoms with Crippen molar-refractivity contribution < 1.29 is 23.8 Å². The molecule has 0 aromatic heterocycles. The number of halogens is 1. The number of aliphatic hydroxyl groups is 1. The molecule has 0 aliphatic rings. The molecule has 0 bridgehead atoms. The number of hydrogen-bond acceptors (Lipinski definition) is 4. The number of amides is 1. The van der Waals surface area contributed by atoms with Gasteiger partial charge in [0.05, 0.1) is 12.7 Å². The van der Waals surface area contributed by atoms with E-state index in [1.807, 2.05) is 0 Å². The van der Waals surface area contributed by atoms with E-state index in [9.17, 15) is 14.0 Å². The van der Waals surface area contributed by atoms with E-state index in [2.05, 4.69) is 16.6 Å². The van der Waals surface area contributed by atoms with E-state index in [1.165, 1.54) is 24.1 Å². The maximum absolute atomic E-state index is 13.8. The Hall–Kier alpha value is -2.39. The fourth-order valence-corrected chi connectivity index (χ4v) is 1.61. The first-order valence-electron chi connectivity index (χ1n) is 6.28. The van der Waals surface area contributed by atoms with Gasteiger partial charge in [-0.3, -0.25) is 9.59 Å². The number of hydrogen-bond donors (Lipinski definition) is 1. The van der Waals surface area contributed by atoms with E-state index in [0.717, 1.165) is 6.07 Å². The highest BCUT2D eigenvalue weighted by Crippen LogP contribution is 2.12. The largest absolute Gasteiger partial charge is 0.468 e. The lowest BCUT2D eigenvalue weighted by Crippen LogP contribution is -2.36. The average molecular weight is 293 g/mol. The van der Waals surface area contributed by atoms with Gasteiger partial charge in [-0.15, -0.1) is 0 Å². The highest BCUT2D eigenvalue weighted by atomic mass is 19.1. The van der Waals surface area contributed by atoms with Gasteiger partial charge in [-0.2, -0.15) is 0 Å². The zero-order valence-corrected chi connectivity index (χ0v) is 11.9. The molecule has 1 aromatic carbocycles. The third-order valence-corrected chi connectivity index (χ3v) is 2.73. The summed E-state index contributed by atoms with van der Waals surface area (Å²) in [5.41, 5.74) is 0.212. The molecule has 1 aromatic rings. The quantitative estimate of drug-likeness (QED) is 0.659. The van der Waals surface area contributed by atoms with Crippen LogP contribution in [0.25, 0.3) is 0 Å². The lowest BCUT2D eigenvalue weighted by molar-refractivity contribution is -0.141. The summed E-state index contributed by atoms with van der Waals surface area (Å²) in [6.45, 7) is 1.43. The first-order valence-corrected chi connectivity index (χ1v) is 6.28. The Bertz CT molecular complexity index is 589. The molecule has 1 rings (SSSR count). The number of methoxy groups -OCH3 is 1. The summed E-state index contributed by atoms with van der Waals surface area (Å²) in [7, 11) is 1.23. The lowest BCUT2D eigenvalue weighted by Gasteiger charge is -2.19. The Kier molecular flexibility index (Phi) is 6.37. The van der Waals surface area contributed by atoms with Crippen molar-refractivity contribution in [2.24, 2.45) is 0 Å². The molecule has 0 spiro atoms. The van der Waals surface area contributed by atoms with Gasteiger partial charge >= 0.3 is 5.97 Å². The Morgan fingerprint density at radius 2 is 2.14 bits per heavy atom. The fraction of sp³-hybridized carbons (Fsp3) is 0.333. The van der Waals surface area contributed by atoms with E-state index in [4.69, 9.17) is 5.11 Å². The molecule has 0 unspecified atom stereocenters.